The summed E-state index contributed by atoms with van der Waals surface area (Å²) in [5.74, 6) is 3.46. The number of ether oxygens (including phenoxy) is 2. The fourth-order valence-electron chi connectivity index (χ4n) is 5.69. The Balaban J connectivity index is 0.000000179. The Bertz CT molecular complexity index is 2330. The number of hydrogen-bond donors (Lipinski definition) is 1. The van der Waals surface area contributed by atoms with Crippen LogP contribution in [0.2, 0.25) is 10.0 Å². The van der Waals surface area contributed by atoms with Crippen LogP contribution in [0.15, 0.2) is 154 Å². The van der Waals surface area contributed by atoms with E-state index in [9.17, 15) is 0 Å². The van der Waals surface area contributed by atoms with E-state index in [1.54, 1.807) is 48.7 Å². The van der Waals surface area contributed by atoms with Gasteiger partial charge in [-0.2, -0.15) is 0 Å². The first kappa shape index (κ1) is 43.4. The van der Waals surface area contributed by atoms with Crippen LogP contribution >= 0.6 is 86.2 Å². The van der Waals surface area contributed by atoms with Crippen molar-refractivity contribution in [3.8, 4) is 27.9 Å². The molecule has 0 amide bonds. The topological polar surface area (TPSA) is 49.2 Å². The van der Waals surface area contributed by atoms with Gasteiger partial charge in [-0.05, 0) is 87.0 Å². The van der Waals surface area contributed by atoms with Gasteiger partial charge in [0.2, 0.25) is 0 Å². The van der Waals surface area contributed by atoms with Crippen molar-refractivity contribution in [2.75, 3.05) is 14.2 Å². The van der Waals surface area contributed by atoms with E-state index in [4.69, 9.17) is 32.7 Å². The highest BCUT2D eigenvalue weighted by atomic mass is 79.9. The van der Waals surface area contributed by atoms with Crippen LogP contribution < -0.4 is 9.47 Å². The van der Waals surface area contributed by atoms with Crippen molar-refractivity contribution in [3.05, 3.63) is 181 Å². The molecule has 0 spiro atoms. The molecule has 0 bridgehead atoms. The summed E-state index contributed by atoms with van der Waals surface area (Å²) >= 11 is 24.6. The molecule has 8 rings (SSSR count). The van der Waals surface area contributed by atoms with E-state index in [0.29, 0.717) is 0 Å². The summed E-state index contributed by atoms with van der Waals surface area (Å²) in [5.41, 5.74) is 5.82. The molecule has 0 N–H and O–H groups in total. The molecule has 0 aliphatic heterocycles. The second-order valence-corrected chi connectivity index (χ2v) is 16.6. The third-order valence-corrected chi connectivity index (χ3v) is 12.7. The third kappa shape index (κ3) is 11.0. The molecule has 0 saturated heterocycles. The smallest absolute Gasteiger partial charge is 0.196 e. The molecule has 5 nitrogen and oxygen atoms in total. The highest BCUT2D eigenvalue weighted by Crippen LogP contribution is 2.47. The SMILES string of the molecule is C.COc1ccccc1-n1c(SCc2ccc(Cl)cc2)nnc1-c1cccs1.COc1ccccc1C1C(S)=CC=C1c1cccs1.Clc1ccc(CBr)cc1. The van der Waals surface area contributed by atoms with Crippen molar-refractivity contribution < 1.29 is 9.47 Å². The van der Waals surface area contributed by atoms with Gasteiger partial charge in [-0.1, -0.05) is 137 Å². The molecule has 0 fully saturated rings. The van der Waals surface area contributed by atoms with Gasteiger partial charge >= 0.3 is 0 Å². The Morgan fingerprint density at radius 2 is 1.30 bits per heavy atom. The summed E-state index contributed by atoms with van der Waals surface area (Å²) in [7, 11) is 3.39. The highest BCUT2D eigenvalue weighted by molar-refractivity contribution is 9.08. The minimum atomic E-state index is 0. The lowest BCUT2D eigenvalue weighted by Gasteiger charge is -2.19. The number of rotatable bonds is 10. The first-order valence-electron chi connectivity index (χ1n) is 17.0. The van der Waals surface area contributed by atoms with Gasteiger partial charge in [0.05, 0.1) is 24.8 Å². The fourth-order valence-corrected chi connectivity index (χ4v) is 9.05. The zero-order chi connectivity index (χ0) is 38.6. The van der Waals surface area contributed by atoms with Crippen molar-refractivity contribution in [3.63, 3.8) is 0 Å². The summed E-state index contributed by atoms with van der Waals surface area (Å²) in [4.78, 5) is 3.41. The number of methoxy groups -OCH3 is 2. The first-order chi connectivity index (χ1) is 26.9. The molecule has 4 aromatic carbocycles. The molecule has 0 radical (unpaired) electrons. The molecule has 3 heterocycles. The third-order valence-electron chi connectivity index (χ3n) is 8.35. The first-order valence-corrected chi connectivity index (χ1v) is 22.0. The van der Waals surface area contributed by atoms with Gasteiger partial charge in [-0.15, -0.1) is 45.5 Å². The molecular weight excluding hydrogens is 882 g/mol. The van der Waals surface area contributed by atoms with Crippen LogP contribution in [0.25, 0.3) is 22.0 Å². The van der Waals surface area contributed by atoms with Crippen LogP contribution in [0, 0.1) is 0 Å². The van der Waals surface area contributed by atoms with Crippen molar-refractivity contribution in [2.45, 2.75) is 29.6 Å². The quantitative estimate of drug-likeness (QED) is 0.0841. The minimum Gasteiger partial charge on any atom is -0.496 e. The molecule has 1 aliphatic carbocycles. The number of thiol groups is 1. The number of nitrogens with zero attached hydrogens (tertiary/aromatic N) is 3. The van der Waals surface area contributed by atoms with E-state index in [0.717, 1.165) is 59.1 Å². The van der Waals surface area contributed by atoms with Crippen molar-refractivity contribution in [1.29, 1.82) is 0 Å². The van der Waals surface area contributed by atoms with Gasteiger partial charge in [0.25, 0.3) is 0 Å². The largest absolute Gasteiger partial charge is 0.496 e. The van der Waals surface area contributed by atoms with E-state index < -0.39 is 0 Å². The molecule has 1 aliphatic rings. The van der Waals surface area contributed by atoms with Gasteiger partial charge < -0.3 is 9.47 Å². The van der Waals surface area contributed by atoms with Gasteiger partial charge in [-0.25, -0.2) is 0 Å². The fraction of sp³-hybridized carbons (Fsp3) is 0.136. The van der Waals surface area contributed by atoms with Crippen molar-refractivity contribution in [2.24, 2.45) is 0 Å². The number of thiophene rings is 2. The molecule has 12 heteroatoms. The van der Waals surface area contributed by atoms with E-state index >= 15 is 0 Å². The maximum absolute atomic E-state index is 5.98. The van der Waals surface area contributed by atoms with E-state index in [1.165, 1.54) is 27.1 Å². The number of benzene rings is 4. The predicted molar refractivity (Wildman–Crippen MR) is 248 cm³/mol. The standard InChI is InChI=1S/C20H16ClN3OS2.C16H14OS2.C7H6BrCl.CH4/c1-25-17-6-3-2-5-16(17)24-19(18-7-4-12-26-18)22-23-20(24)27-13-14-8-10-15(21)11-9-14;1-17-13-6-3-2-5-11(13)16-12(8-9-14(16)18)15-7-4-10-19-15;8-5-6-1-3-7(9)4-2-6;/h2-12H,13H2,1H3;2-10,16,18H,1H3;1-4H,5H2;1H4. The van der Waals surface area contributed by atoms with Crippen LogP contribution in [-0.4, -0.2) is 29.0 Å². The molecule has 3 aromatic heterocycles. The molecular formula is C44H40BrCl2N3O2S4. The molecule has 7 aromatic rings. The lowest BCUT2D eigenvalue weighted by molar-refractivity contribution is 0.410. The maximum atomic E-state index is 5.98. The summed E-state index contributed by atoms with van der Waals surface area (Å²) in [6, 6.07) is 40.0. The average Bonchev–Trinajstić information content (AvgIpc) is 4.07. The Morgan fingerprint density at radius 3 is 1.91 bits per heavy atom. The maximum Gasteiger partial charge on any atom is 0.196 e. The average molecular weight is 922 g/mol. The van der Waals surface area contributed by atoms with Crippen LogP contribution in [0.3, 0.4) is 0 Å². The van der Waals surface area contributed by atoms with Crippen LogP contribution in [0.5, 0.6) is 11.5 Å². The minimum absolute atomic E-state index is 0. The van der Waals surface area contributed by atoms with Gasteiger partial charge in [0, 0.05) is 37.5 Å². The van der Waals surface area contributed by atoms with Crippen LogP contribution in [0.1, 0.15) is 34.9 Å². The number of aromatic nitrogens is 3. The van der Waals surface area contributed by atoms with Crippen LogP contribution in [-0.2, 0) is 11.1 Å². The second kappa shape index (κ2) is 21.7. The zero-order valence-electron chi connectivity index (χ0n) is 29.8. The number of halogens is 3. The Labute approximate surface area is 365 Å². The second-order valence-electron chi connectivity index (χ2n) is 11.8. The molecule has 1 unspecified atom stereocenters. The predicted octanol–water partition coefficient (Wildman–Crippen LogP) is 14.6. The lowest BCUT2D eigenvalue weighted by Crippen LogP contribution is -2.01. The van der Waals surface area contributed by atoms with E-state index in [2.05, 4.69) is 79.1 Å². The van der Waals surface area contributed by atoms with Crippen LogP contribution in [0.4, 0.5) is 0 Å². The Morgan fingerprint density at radius 1 is 0.714 bits per heavy atom. The molecule has 1 atom stereocenters. The van der Waals surface area contributed by atoms with Gasteiger partial charge in [0.1, 0.15) is 11.5 Å². The number of allylic oxidation sites excluding steroid dienone is 4. The van der Waals surface area contributed by atoms with Gasteiger partial charge in [-0.3, -0.25) is 4.57 Å². The number of alkyl halides is 1. The van der Waals surface area contributed by atoms with E-state index in [1.807, 2.05) is 109 Å². The number of hydrogen-bond acceptors (Lipinski definition) is 8. The lowest BCUT2D eigenvalue weighted by atomic mass is 9.92. The highest BCUT2D eigenvalue weighted by Gasteiger charge is 2.27. The zero-order valence-corrected chi connectivity index (χ0v) is 36.3. The number of para-hydroxylation sites is 3. The summed E-state index contributed by atoms with van der Waals surface area (Å²) in [6.07, 6.45) is 4.24. The summed E-state index contributed by atoms with van der Waals surface area (Å²) in [5, 5.41) is 16.3. The molecule has 56 heavy (non-hydrogen) atoms. The summed E-state index contributed by atoms with van der Waals surface area (Å²) in [6.45, 7) is 0. The van der Waals surface area contributed by atoms with E-state index in [-0.39, 0.29) is 13.3 Å². The molecule has 288 valence electrons. The molecule has 0 saturated carbocycles. The summed E-state index contributed by atoms with van der Waals surface area (Å²) < 4.78 is 13.1. The van der Waals surface area contributed by atoms with Gasteiger partial charge in [0.15, 0.2) is 11.0 Å². The Kier molecular flexibility index (Phi) is 16.8. The Hall–Kier alpha value is -3.74. The number of thioether (sulfide) groups is 1. The van der Waals surface area contributed by atoms with Crippen molar-refractivity contribution in [1.82, 2.24) is 14.8 Å². The normalized spacial score (nSPS) is 12.9. The van der Waals surface area contributed by atoms with Crippen molar-refractivity contribution >= 4 is 91.8 Å². The monoisotopic (exact) mass is 919 g/mol.